The Kier molecular flexibility index (Phi) is 11.3. The predicted molar refractivity (Wildman–Crippen MR) is 105 cm³/mol. The van der Waals surface area contributed by atoms with Crippen molar-refractivity contribution in [2.45, 2.75) is 32.0 Å². The first-order valence-corrected chi connectivity index (χ1v) is 8.66. The number of benzene rings is 1. The van der Waals surface area contributed by atoms with E-state index < -0.39 is 12.7 Å². The zero-order valence-corrected chi connectivity index (χ0v) is 17.0. The largest absolute Gasteiger partial charge is 0.401 e. The van der Waals surface area contributed by atoms with Gasteiger partial charge in [-0.1, -0.05) is 37.3 Å². The maximum atomic E-state index is 12.6. The molecule has 1 aliphatic rings. The van der Waals surface area contributed by atoms with Gasteiger partial charge in [0.1, 0.15) is 0 Å². The number of amides is 1. The van der Waals surface area contributed by atoms with E-state index in [1.807, 2.05) is 30.3 Å². The number of hydrogen-bond donors (Lipinski definition) is 1. The predicted octanol–water partition coefficient (Wildman–Crippen LogP) is 3.65. The van der Waals surface area contributed by atoms with Gasteiger partial charge in [0, 0.05) is 32.1 Å². The van der Waals surface area contributed by atoms with Crippen molar-refractivity contribution in [2.75, 3.05) is 32.7 Å². The minimum Gasteiger partial charge on any atom is -0.342 e. The van der Waals surface area contributed by atoms with Gasteiger partial charge in [-0.3, -0.25) is 9.69 Å². The second-order valence-electron chi connectivity index (χ2n) is 6.66. The molecule has 9 heteroatoms. The van der Waals surface area contributed by atoms with E-state index in [4.69, 9.17) is 5.73 Å². The molecule has 0 radical (unpaired) electrons. The number of carbonyl (C=O) groups is 1. The highest BCUT2D eigenvalue weighted by atomic mass is 35.5. The van der Waals surface area contributed by atoms with Gasteiger partial charge in [0.2, 0.25) is 5.91 Å². The normalized spacial score (nSPS) is 18.0. The van der Waals surface area contributed by atoms with Crippen LogP contribution in [-0.4, -0.2) is 54.6 Å². The maximum absolute atomic E-state index is 12.6. The minimum atomic E-state index is -4.19. The van der Waals surface area contributed by atoms with Crippen LogP contribution in [0, 0.1) is 5.92 Å². The Hall–Kier alpha value is -1.02. The first-order chi connectivity index (χ1) is 11.8. The molecule has 1 fully saturated rings. The first kappa shape index (κ1) is 26.0. The zero-order valence-electron chi connectivity index (χ0n) is 15.3. The fraction of sp³-hybridized carbons (Fsp3) is 0.611. The molecule has 2 atom stereocenters. The fourth-order valence-electron chi connectivity index (χ4n) is 3.27. The summed E-state index contributed by atoms with van der Waals surface area (Å²) < 4.78 is 37.7. The van der Waals surface area contributed by atoms with Crippen LogP contribution < -0.4 is 5.73 Å². The van der Waals surface area contributed by atoms with E-state index >= 15 is 0 Å². The molecular weight excluding hydrogens is 402 g/mol. The van der Waals surface area contributed by atoms with Crippen LogP contribution in [0.5, 0.6) is 0 Å². The van der Waals surface area contributed by atoms with Gasteiger partial charge in [-0.15, -0.1) is 24.8 Å². The Morgan fingerprint density at radius 2 is 1.93 bits per heavy atom. The van der Waals surface area contributed by atoms with Crippen LogP contribution in [-0.2, 0) is 4.79 Å². The van der Waals surface area contributed by atoms with Crippen molar-refractivity contribution in [3.63, 3.8) is 0 Å². The van der Waals surface area contributed by atoms with Crippen molar-refractivity contribution in [1.82, 2.24) is 9.80 Å². The molecular formula is C18H28Cl2F3N3O. The van der Waals surface area contributed by atoms with Crippen LogP contribution in [0.15, 0.2) is 30.3 Å². The van der Waals surface area contributed by atoms with Crippen molar-refractivity contribution < 1.29 is 18.0 Å². The molecule has 1 aromatic carbocycles. The SMILES string of the molecule is CCN(CC1CCN(C(=O)CC(N)c2ccccc2)C1)CC(F)(F)F.Cl.Cl. The highest BCUT2D eigenvalue weighted by Crippen LogP contribution is 2.23. The molecule has 0 bridgehead atoms. The molecule has 0 spiro atoms. The summed E-state index contributed by atoms with van der Waals surface area (Å²) in [7, 11) is 0. The summed E-state index contributed by atoms with van der Waals surface area (Å²) >= 11 is 0. The lowest BCUT2D eigenvalue weighted by Gasteiger charge is -2.25. The van der Waals surface area contributed by atoms with Gasteiger partial charge >= 0.3 is 6.18 Å². The van der Waals surface area contributed by atoms with Crippen LogP contribution in [0.3, 0.4) is 0 Å². The third-order valence-electron chi connectivity index (χ3n) is 4.63. The van der Waals surface area contributed by atoms with Crippen LogP contribution in [0.25, 0.3) is 0 Å². The lowest BCUT2D eigenvalue weighted by molar-refractivity contribution is -0.146. The molecule has 2 N–H and O–H groups in total. The van der Waals surface area contributed by atoms with Crippen molar-refractivity contribution in [3.05, 3.63) is 35.9 Å². The van der Waals surface area contributed by atoms with Gasteiger partial charge in [0.15, 0.2) is 0 Å². The average molecular weight is 430 g/mol. The van der Waals surface area contributed by atoms with Crippen LogP contribution in [0.4, 0.5) is 13.2 Å². The molecule has 27 heavy (non-hydrogen) atoms. The van der Waals surface area contributed by atoms with Crippen molar-refractivity contribution in [3.8, 4) is 0 Å². The molecule has 2 rings (SSSR count). The minimum absolute atomic E-state index is 0. The summed E-state index contributed by atoms with van der Waals surface area (Å²) in [5.74, 6) is 0.0527. The number of rotatable bonds is 7. The molecule has 1 saturated heterocycles. The van der Waals surface area contributed by atoms with Crippen LogP contribution >= 0.6 is 24.8 Å². The van der Waals surface area contributed by atoms with Gasteiger partial charge in [-0.25, -0.2) is 0 Å². The average Bonchev–Trinajstić information content (AvgIpc) is 3.02. The molecule has 4 nitrogen and oxygen atoms in total. The van der Waals surface area contributed by atoms with Crippen LogP contribution in [0.1, 0.15) is 31.4 Å². The van der Waals surface area contributed by atoms with Gasteiger partial charge in [-0.2, -0.15) is 13.2 Å². The summed E-state index contributed by atoms with van der Waals surface area (Å²) in [4.78, 5) is 15.5. The summed E-state index contributed by atoms with van der Waals surface area (Å²) in [6.45, 7) is 2.64. The molecule has 0 aromatic heterocycles. The first-order valence-electron chi connectivity index (χ1n) is 8.66. The molecule has 1 aromatic rings. The Morgan fingerprint density at radius 3 is 2.48 bits per heavy atom. The zero-order chi connectivity index (χ0) is 18.4. The second-order valence-corrected chi connectivity index (χ2v) is 6.66. The highest BCUT2D eigenvalue weighted by molar-refractivity contribution is 5.85. The Bertz CT molecular complexity index is 561. The summed E-state index contributed by atoms with van der Waals surface area (Å²) in [5, 5.41) is 0. The van der Waals surface area contributed by atoms with E-state index in [2.05, 4.69) is 0 Å². The number of nitrogens with two attached hydrogens (primary N) is 1. The molecule has 1 heterocycles. The van der Waals surface area contributed by atoms with Crippen molar-refractivity contribution >= 4 is 30.7 Å². The third-order valence-corrected chi connectivity index (χ3v) is 4.63. The number of nitrogens with zero attached hydrogens (tertiary/aromatic N) is 2. The third kappa shape index (κ3) is 8.68. The Labute approximate surface area is 171 Å². The van der Waals surface area contributed by atoms with E-state index in [0.29, 0.717) is 26.2 Å². The van der Waals surface area contributed by atoms with Crippen molar-refractivity contribution in [1.29, 1.82) is 0 Å². The van der Waals surface area contributed by atoms with Gasteiger partial charge in [0.25, 0.3) is 0 Å². The second kappa shape index (κ2) is 11.7. The molecule has 2 unspecified atom stereocenters. The number of halogens is 5. The van der Waals surface area contributed by atoms with Gasteiger partial charge < -0.3 is 10.6 Å². The Morgan fingerprint density at radius 1 is 1.30 bits per heavy atom. The molecule has 0 saturated carbocycles. The highest BCUT2D eigenvalue weighted by Gasteiger charge is 2.33. The van der Waals surface area contributed by atoms with Gasteiger partial charge in [0.05, 0.1) is 6.54 Å². The van der Waals surface area contributed by atoms with Crippen molar-refractivity contribution in [2.24, 2.45) is 11.7 Å². The summed E-state index contributed by atoms with van der Waals surface area (Å²) in [5.41, 5.74) is 7.00. The van der Waals surface area contributed by atoms with E-state index in [9.17, 15) is 18.0 Å². The topological polar surface area (TPSA) is 49.6 Å². The quantitative estimate of drug-likeness (QED) is 0.719. The van der Waals surface area contributed by atoms with Gasteiger partial charge in [-0.05, 0) is 24.4 Å². The molecule has 1 aliphatic heterocycles. The van der Waals surface area contributed by atoms with E-state index in [0.717, 1.165) is 12.0 Å². The summed E-state index contributed by atoms with van der Waals surface area (Å²) in [6.07, 6.45) is -3.23. The number of hydrogen-bond acceptors (Lipinski definition) is 3. The van der Waals surface area contributed by atoms with E-state index in [-0.39, 0.29) is 49.1 Å². The number of carbonyl (C=O) groups excluding carboxylic acids is 1. The van der Waals surface area contributed by atoms with Crippen LogP contribution in [0.2, 0.25) is 0 Å². The number of alkyl halides is 3. The lowest BCUT2D eigenvalue weighted by Crippen LogP contribution is -2.38. The monoisotopic (exact) mass is 429 g/mol. The number of likely N-dealkylation sites (tertiary alicyclic amines) is 1. The molecule has 1 amide bonds. The lowest BCUT2D eigenvalue weighted by atomic mass is 10.0. The maximum Gasteiger partial charge on any atom is 0.401 e. The van der Waals surface area contributed by atoms with E-state index in [1.165, 1.54) is 4.90 Å². The Balaban J connectivity index is 0.00000338. The molecule has 156 valence electrons. The smallest absolute Gasteiger partial charge is 0.342 e. The van der Waals surface area contributed by atoms with E-state index in [1.54, 1.807) is 11.8 Å². The molecule has 0 aliphatic carbocycles. The standard InChI is InChI=1S/C18H26F3N3O.2ClH/c1-2-23(13-18(19,20)21)11-14-8-9-24(12-14)17(25)10-16(22)15-6-4-3-5-7-15;;/h3-7,14,16H,2,8-13,22H2,1H3;2*1H. The fourth-order valence-corrected chi connectivity index (χ4v) is 3.27. The summed E-state index contributed by atoms with van der Waals surface area (Å²) in [6, 6.07) is 9.08.